The van der Waals surface area contributed by atoms with E-state index in [9.17, 15) is 31.1 Å². The Hall–Kier alpha value is -3.80. The van der Waals surface area contributed by atoms with Gasteiger partial charge in [0.05, 0.1) is 11.1 Å². The molecule has 0 spiro atoms. The largest absolute Gasteiger partial charge is 0.485 e. The van der Waals surface area contributed by atoms with Gasteiger partial charge in [-0.15, -0.1) is 0 Å². The fraction of sp³-hybridized carbons (Fsp3) is 0.400. The first kappa shape index (κ1) is 29.7. The summed E-state index contributed by atoms with van der Waals surface area (Å²) in [5.41, 5.74) is 4.29. The minimum atomic E-state index is -5.02. The average molecular weight is 593 g/mol. The summed E-state index contributed by atoms with van der Waals surface area (Å²) in [6.45, 7) is 3.01. The molecule has 0 bridgehead atoms. The van der Waals surface area contributed by atoms with E-state index >= 15 is 0 Å². The highest BCUT2D eigenvalue weighted by molar-refractivity contribution is 5.94. The van der Waals surface area contributed by atoms with Crippen molar-refractivity contribution in [1.29, 1.82) is 0 Å². The van der Waals surface area contributed by atoms with Crippen LogP contribution >= 0.6 is 0 Å². The number of rotatable bonds is 6. The molecule has 1 amide bonds. The van der Waals surface area contributed by atoms with E-state index in [1.54, 1.807) is 24.3 Å². The van der Waals surface area contributed by atoms with Crippen LogP contribution in [0.2, 0.25) is 0 Å². The summed E-state index contributed by atoms with van der Waals surface area (Å²) in [6.07, 6.45) is -4.09. The number of amides is 1. The van der Waals surface area contributed by atoms with Gasteiger partial charge >= 0.3 is 12.4 Å². The molecule has 2 aliphatic heterocycles. The fourth-order valence-corrected chi connectivity index (χ4v) is 5.56. The number of pyridine rings is 1. The number of ether oxygens (including phenoxy) is 1. The van der Waals surface area contributed by atoms with Crippen molar-refractivity contribution in [1.82, 2.24) is 14.8 Å². The molecular weight excluding hydrogens is 562 g/mol. The van der Waals surface area contributed by atoms with Gasteiger partial charge in [0.1, 0.15) is 6.61 Å². The quantitative estimate of drug-likeness (QED) is 0.325. The Balaban J connectivity index is 1.26. The summed E-state index contributed by atoms with van der Waals surface area (Å²) in [5, 5.41) is 0. The Bertz CT molecular complexity index is 1410. The number of aromatic nitrogens is 1. The number of piperidine rings is 1. The summed E-state index contributed by atoms with van der Waals surface area (Å²) in [4.78, 5) is 21.5. The SMILES string of the molecule is Nc1ncc(-c2ccc(C(=O)N3CCC(N4CCCC4)CC3)cc2)cc1OCc1ccc(C(F)(F)F)cc1C(F)(F)F. The molecule has 2 aromatic carbocycles. The van der Waals surface area contributed by atoms with Crippen molar-refractivity contribution in [2.24, 2.45) is 0 Å². The lowest BCUT2D eigenvalue weighted by atomic mass is 10.0. The highest BCUT2D eigenvalue weighted by atomic mass is 19.4. The van der Waals surface area contributed by atoms with Crippen LogP contribution in [0.4, 0.5) is 32.2 Å². The number of alkyl halides is 6. The predicted octanol–water partition coefficient (Wildman–Crippen LogP) is 6.65. The van der Waals surface area contributed by atoms with Crippen molar-refractivity contribution in [3.63, 3.8) is 0 Å². The van der Waals surface area contributed by atoms with Crippen LogP contribution in [0.1, 0.15) is 52.7 Å². The van der Waals surface area contributed by atoms with Crippen LogP contribution in [0, 0.1) is 0 Å². The third kappa shape index (κ3) is 6.64. The molecule has 42 heavy (non-hydrogen) atoms. The maximum atomic E-state index is 13.5. The van der Waals surface area contributed by atoms with E-state index in [4.69, 9.17) is 10.5 Å². The number of carbonyl (C=O) groups excluding carboxylic acids is 1. The summed E-state index contributed by atoms with van der Waals surface area (Å²) < 4.78 is 85.0. The van der Waals surface area contributed by atoms with Crippen LogP contribution in [0.15, 0.2) is 54.7 Å². The molecule has 2 N–H and O–H groups in total. The lowest BCUT2D eigenvalue weighted by Crippen LogP contribution is -2.45. The standard InChI is InChI=1S/C30H30F6N4O2/c31-29(32,33)23-8-7-21(25(16-23)30(34,35)36)18-42-26-15-22(17-38-27(26)37)19-3-5-20(6-4-19)28(41)40-13-9-24(10-14-40)39-11-1-2-12-39/h3-8,15-17,24H,1-2,9-14,18H2,(H2,37,38). The molecular formula is C30H30F6N4O2. The molecule has 224 valence electrons. The first-order valence-electron chi connectivity index (χ1n) is 13.7. The smallest absolute Gasteiger partial charge is 0.416 e. The van der Waals surface area contributed by atoms with E-state index in [0.717, 1.165) is 32.0 Å². The van der Waals surface area contributed by atoms with Crippen LogP contribution in [0.25, 0.3) is 11.1 Å². The van der Waals surface area contributed by atoms with Gasteiger partial charge in [0.25, 0.3) is 5.91 Å². The van der Waals surface area contributed by atoms with E-state index < -0.39 is 35.6 Å². The van der Waals surface area contributed by atoms with Crippen LogP contribution < -0.4 is 10.5 Å². The average Bonchev–Trinajstić information content (AvgIpc) is 3.51. The van der Waals surface area contributed by atoms with Gasteiger partial charge in [0.15, 0.2) is 11.6 Å². The molecule has 0 saturated carbocycles. The van der Waals surface area contributed by atoms with E-state index in [1.807, 2.05) is 4.90 Å². The number of hydrogen-bond donors (Lipinski definition) is 1. The van der Waals surface area contributed by atoms with Gasteiger partial charge in [0.2, 0.25) is 0 Å². The Labute approximate surface area is 239 Å². The normalized spacial score (nSPS) is 17.0. The summed E-state index contributed by atoms with van der Waals surface area (Å²) in [7, 11) is 0. The third-order valence-electron chi connectivity index (χ3n) is 7.88. The topological polar surface area (TPSA) is 71.7 Å². The molecule has 2 fully saturated rings. The third-order valence-corrected chi connectivity index (χ3v) is 7.88. The first-order valence-corrected chi connectivity index (χ1v) is 13.7. The number of benzene rings is 2. The molecule has 3 heterocycles. The number of nitrogens with two attached hydrogens (primary N) is 1. The molecule has 6 nitrogen and oxygen atoms in total. The summed E-state index contributed by atoms with van der Waals surface area (Å²) in [5.74, 6) is -0.164. The van der Waals surface area contributed by atoms with Gasteiger partial charge in [-0.1, -0.05) is 18.2 Å². The number of nitrogen functional groups attached to an aromatic ring is 1. The fourth-order valence-electron chi connectivity index (χ4n) is 5.56. The maximum Gasteiger partial charge on any atom is 0.416 e. The summed E-state index contributed by atoms with van der Waals surface area (Å²) in [6, 6.07) is 10.3. The number of likely N-dealkylation sites (tertiary alicyclic amines) is 2. The Morgan fingerprint density at radius 3 is 2.17 bits per heavy atom. The number of nitrogens with zero attached hydrogens (tertiary/aromatic N) is 3. The number of anilines is 1. The Morgan fingerprint density at radius 2 is 1.55 bits per heavy atom. The summed E-state index contributed by atoms with van der Waals surface area (Å²) >= 11 is 0. The lowest BCUT2D eigenvalue weighted by Gasteiger charge is -2.36. The number of halogens is 6. The molecule has 5 rings (SSSR count). The lowest BCUT2D eigenvalue weighted by molar-refractivity contribution is -0.143. The van der Waals surface area contributed by atoms with Crippen molar-refractivity contribution < 1.29 is 35.9 Å². The number of hydrogen-bond acceptors (Lipinski definition) is 5. The molecule has 0 unspecified atom stereocenters. The van der Waals surface area contributed by atoms with Gasteiger partial charge < -0.3 is 20.3 Å². The predicted molar refractivity (Wildman–Crippen MR) is 145 cm³/mol. The van der Waals surface area contributed by atoms with Crippen LogP contribution in [-0.2, 0) is 19.0 Å². The highest BCUT2D eigenvalue weighted by Crippen LogP contribution is 2.38. The monoisotopic (exact) mass is 592 g/mol. The van der Waals surface area contributed by atoms with Crippen molar-refractivity contribution >= 4 is 11.7 Å². The van der Waals surface area contributed by atoms with Crippen molar-refractivity contribution in [3.8, 4) is 16.9 Å². The molecule has 1 aromatic heterocycles. The van der Waals surface area contributed by atoms with E-state index in [-0.39, 0.29) is 23.5 Å². The second kappa shape index (κ2) is 11.8. The van der Waals surface area contributed by atoms with E-state index in [0.29, 0.717) is 41.9 Å². The molecule has 2 saturated heterocycles. The second-order valence-corrected chi connectivity index (χ2v) is 10.6. The molecule has 3 aromatic rings. The number of carbonyl (C=O) groups is 1. The zero-order chi connectivity index (χ0) is 30.1. The van der Waals surface area contributed by atoms with E-state index in [1.165, 1.54) is 25.1 Å². The molecule has 0 radical (unpaired) electrons. The molecule has 12 heteroatoms. The van der Waals surface area contributed by atoms with Gasteiger partial charge in [-0.25, -0.2) is 4.98 Å². The minimum Gasteiger partial charge on any atom is -0.485 e. The van der Waals surface area contributed by atoms with Crippen LogP contribution in [0.3, 0.4) is 0 Å². The van der Waals surface area contributed by atoms with Gasteiger partial charge in [-0.05, 0) is 74.7 Å². The van der Waals surface area contributed by atoms with Gasteiger partial charge in [-0.2, -0.15) is 26.3 Å². The van der Waals surface area contributed by atoms with Crippen molar-refractivity contribution in [2.75, 3.05) is 31.9 Å². The van der Waals surface area contributed by atoms with Crippen molar-refractivity contribution in [2.45, 2.75) is 50.7 Å². The van der Waals surface area contributed by atoms with Gasteiger partial charge in [-0.3, -0.25) is 4.79 Å². The zero-order valence-electron chi connectivity index (χ0n) is 22.6. The van der Waals surface area contributed by atoms with Crippen molar-refractivity contribution in [3.05, 3.63) is 77.0 Å². The Kier molecular flexibility index (Phi) is 8.36. The molecule has 0 atom stereocenters. The molecule has 0 aliphatic carbocycles. The van der Waals surface area contributed by atoms with Gasteiger partial charge in [0, 0.05) is 42.0 Å². The molecule has 2 aliphatic rings. The second-order valence-electron chi connectivity index (χ2n) is 10.6. The van der Waals surface area contributed by atoms with E-state index in [2.05, 4.69) is 9.88 Å². The zero-order valence-corrected chi connectivity index (χ0v) is 22.6. The van der Waals surface area contributed by atoms with Crippen LogP contribution in [-0.4, -0.2) is 52.9 Å². The maximum absolute atomic E-state index is 13.5. The minimum absolute atomic E-state index is 0.0263. The first-order chi connectivity index (χ1) is 19.9. The highest BCUT2D eigenvalue weighted by Gasteiger charge is 2.38. The Morgan fingerprint density at radius 1 is 0.881 bits per heavy atom. The van der Waals surface area contributed by atoms with Crippen LogP contribution in [0.5, 0.6) is 5.75 Å².